The van der Waals surface area contributed by atoms with Crippen LogP contribution in [0.1, 0.15) is 16.7 Å². The van der Waals surface area contributed by atoms with Crippen molar-refractivity contribution in [3.05, 3.63) is 76.7 Å². The molecule has 0 N–H and O–H groups in total. The summed E-state index contributed by atoms with van der Waals surface area (Å²) in [5.41, 5.74) is 3.79. The topological polar surface area (TPSA) is 29.5 Å². The third-order valence-electron chi connectivity index (χ3n) is 3.96. The predicted molar refractivity (Wildman–Crippen MR) is 114 cm³/mol. The number of anilines is 1. The highest BCUT2D eigenvalue weighted by atomic mass is 32.2. The average Bonchev–Trinajstić information content (AvgIpc) is 2.90. The summed E-state index contributed by atoms with van der Waals surface area (Å²) >= 11 is 6.79. The highest BCUT2D eigenvalue weighted by Gasteiger charge is 2.34. The van der Waals surface area contributed by atoms with Crippen molar-refractivity contribution in [2.24, 2.45) is 0 Å². The van der Waals surface area contributed by atoms with E-state index >= 15 is 0 Å². The predicted octanol–water partition coefficient (Wildman–Crippen LogP) is 5.27. The van der Waals surface area contributed by atoms with E-state index in [1.165, 1.54) is 11.8 Å². The lowest BCUT2D eigenvalue weighted by Crippen LogP contribution is -2.28. The Bertz CT molecular complexity index is 918. The number of para-hydroxylation sites is 1. The van der Waals surface area contributed by atoms with Crippen LogP contribution < -0.4 is 9.64 Å². The number of benzene rings is 2. The molecule has 2 aromatic carbocycles. The fraction of sp³-hybridized carbons (Fsp3) is 0.143. The van der Waals surface area contributed by atoms with Gasteiger partial charge in [0.05, 0.1) is 10.6 Å². The van der Waals surface area contributed by atoms with Crippen LogP contribution in [-0.2, 0) is 4.79 Å². The van der Waals surface area contributed by atoms with Gasteiger partial charge in [-0.05, 0) is 43.2 Å². The van der Waals surface area contributed by atoms with E-state index in [-0.39, 0.29) is 5.91 Å². The normalized spacial score (nSPS) is 15.6. The summed E-state index contributed by atoms with van der Waals surface area (Å²) in [4.78, 5) is 15.2. The molecule has 0 unspecified atom stereocenters. The molecule has 1 amide bonds. The van der Waals surface area contributed by atoms with Crippen molar-refractivity contribution in [2.75, 3.05) is 11.5 Å². The Balaban J connectivity index is 1.96. The number of ether oxygens (including phenoxy) is 1. The zero-order valence-electron chi connectivity index (χ0n) is 14.7. The van der Waals surface area contributed by atoms with Crippen LogP contribution >= 0.6 is 24.0 Å². The summed E-state index contributed by atoms with van der Waals surface area (Å²) in [6.45, 7) is 8.06. The lowest BCUT2D eigenvalue weighted by Gasteiger charge is -2.17. The summed E-state index contributed by atoms with van der Waals surface area (Å²) in [7, 11) is 0. The van der Waals surface area contributed by atoms with Crippen LogP contribution in [0, 0.1) is 13.8 Å². The van der Waals surface area contributed by atoms with Crippen molar-refractivity contribution in [2.45, 2.75) is 13.8 Å². The lowest BCUT2D eigenvalue weighted by molar-refractivity contribution is -0.113. The second kappa shape index (κ2) is 7.89. The molecule has 1 aliphatic rings. The zero-order chi connectivity index (χ0) is 18.7. The number of aryl methyl sites for hydroxylation is 2. The molecule has 1 aliphatic heterocycles. The standard InChI is InChI=1S/C21H19NO2S2/c1-4-11-24-18-8-6-5-7-16(18)13-19-20(23)22(21(25)26-19)17-12-14(2)9-10-15(17)3/h4-10,12-13H,1,11H2,2-3H3/b19-13-. The number of nitrogens with zero attached hydrogens (tertiary/aromatic N) is 1. The van der Waals surface area contributed by atoms with Crippen molar-refractivity contribution in [3.8, 4) is 5.75 Å². The highest BCUT2D eigenvalue weighted by Crippen LogP contribution is 2.38. The fourth-order valence-corrected chi connectivity index (χ4v) is 3.93. The number of amides is 1. The van der Waals surface area contributed by atoms with Gasteiger partial charge < -0.3 is 4.74 Å². The Kier molecular flexibility index (Phi) is 5.59. The smallest absolute Gasteiger partial charge is 0.270 e. The van der Waals surface area contributed by atoms with Gasteiger partial charge in [0.2, 0.25) is 0 Å². The van der Waals surface area contributed by atoms with Gasteiger partial charge in [0.25, 0.3) is 5.91 Å². The Morgan fingerprint density at radius 2 is 2.00 bits per heavy atom. The Hall–Kier alpha value is -2.37. The number of thiocarbonyl (C=S) groups is 1. The molecule has 132 valence electrons. The molecule has 3 nitrogen and oxygen atoms in total. The van der Waals surface area contributed by atoms with Gasteiger partial charge in [0.1, 0.15) is 12.4 Å². The molecule has 0 atom stereocenters. The zero-order valence-corrected chi connectivity index (χ0v) is 16.3. The van der Waals surface area contributed by atoms with Crippen molar-refractivity contribution in [1.82, 2.24) is 0 Å². The van der Waals surface area contributed by atoms with Gasteiger partial charge in [-0.3, -0.25) is 9.69 Å². The first-order valence-corrected chi connectivity index (χ1v) is 9.41. The van der Waals surface area contributed by atoms with Crippen LogP contribution in [-0.4, -0.2) is 16.8 Å². The van der Waals surface area contributed by atoms with Crippen LogP contribution in [0.3, 0.4) is 0 Å². The van der Waals surface area contributed by atoms with E-state index in [0.717, 1.165) is 22.4 Å². The van der Waals surface area contributed by atoms with E-state index in [1.807, 2.05) is 62.4 Å². The molecule has 1 heterocycles. The molecule has 0 spiro atoms. The molecule has 0 aromatic heterocycles. The SMILES string of the molecule is C=CCOc1ccccc1/C=C1\SC(=S)N(c2cc(C)ccc2C)C1=O. The Morgan fingerprint density at radius 3 is 2.77 bits per heavy atom. The molecule has 5 heteroatoms. The minimum Gasteiger partial charge on any atom is -0.489 e. The first-order valence-electron chi connectivity index (χ1n) is 8.19. The van der Waals surface area contributed by atoms with Crippen LogP contribution in [0.5, 0.6) is 5.75 Å². The molecular weight excluding hydrogens is 362 g/mol. The maximum absolute atomic E-state index is 13.0. The molecule has 0 radical (unpaired) electrons. The number of hydrogen-bond acceptors (Lipinski definition) is 4. The number of rotatable bonds is 5. The Morgan fingerprint density at radius 1 is 1.23 bits per heavy atom. The van der Waals surface area contributed by atoms with E-state index in [1.54, 1.807) is 11.0 Å². The molecule has 0 aliphatic carbocycles. The monoisotopic (exact) mass is 381 g/mol. The third kappa shape index (κ3) is 3.74. The molecular formula is C21H19NO2S2. The first kappa shape index (κ1) is 18.4. The fourth-order valence-electron chi connectivity index (χ4n) is 2.66. The second-order valence-electron chi connectivity index (χ2n) is 5.94. The first-order chi connectivity index (χ1) is 12.5. The van der Waals surface area contributed by atoms with E-state index in [4.69, 9.17) is 17.0 Å². The van der Waals surface area contributed by atoms with Gasteiger partial charge in [0, 0.05) is 5.56 Å². The average molecular weight is 382 g/mol. The number of carbonyl (C=O) groups is 1. The summed E-state index contributed by atoms with van der Waals surface area (Å²) in [5.74, 6) is 0.608. The largest absolute Gasteiger partial charge is 0.489 e. The second-order valence-corrected chi connectivity index (χ2v) is 7.62. The van der Waals surface area contributed by atoms with Gasteiger partial charge in [-0.25, -0.2) is 0 Å². The third-order valence-corrected chi connectivity index (χ3v) is 5.26. The van der Waals surface area contributed by atoms with E-state index in [9.17, 15) is 4.79 Å². The molecule has 1 saturated heterocycles. The van der Waals surface area contributed by atoms with Gasteiger partial charge in [-0.1, -0.05) is 67.0 Å². The maximum atomic E-state index is 13.0. The number of carbonyl (C=O) groups excluding carboxylic acids is 1. The summed E-state index contributed by atoms with van der Waals surface area (Å²) in [5, 5.41) is 0. The van der Waals surface area contributed by atoms with E-state index in [0.29, 0.717) is 21.6 Å². The van der Waals surface area contributed by atoms with Gasteiger partial charge in [0.15, 0.2) is 4.32 Å². The van der Waals surface area contributed by atoms with Crippen molar-refractivity contribution < 1.29 is 9.53 Å². The van der Waals surface area contributed by atoms with Crippen LogP contribution in [0.25, 0.3) is 6.08 Å². The highest BCUT2D eigenvalue weighted by molar-refractivity contribution is 8.27. The lowest BCUT2D eigenvalue weighted by atomic mass is 10.1. The van der Waals surface area contributed by atoms with Crippen molar-refractivity contribution in [1.29, 1.82) is 0 Å². The quantitative estimate of drug-likeness (QED) is 0.401. The molecule has 3 rings (SSSR count). The van der Waals surface area contributed by atoms with Gasteiger partial charge in [-0.2, -0.15) is 0 Å². The maximum Gasteiger partial charge on any atom is 0.270 e. The minimum atomic E-state index is -0.104. The molecule has 0 saturated carbocycles. The number of thioether (sulfide) groups is 1. The van der Waals surface area contributed by atoms with Crippen molar-refractivity contribution in [3.63, 3.8) is 0 Å². The van der Waals surface area contributed by atoms with Crippen LogP contribution in [0.4, 0.5) is 5.69 Å². The molecule has 2 aromatic rings. The molecule has 26 heavy (non-hydrogen) atoms. The van der Waals surface area contributed by atoms with Crippen LogP contribution in [0.2, 0.25) is 0 Å². The van der Waals surface area contributed by atoms with Crippen LogP contribution in [0.15, 0.2) is 60.0 Å². The summed E-state index contributed by atoms with van der Waals surface area (Å²) < 4.78 is 6.22. The Labute approximate surface area is 163 Å². The van der Waals surface area contributed by atoms with E-state index in [2.05, 4.69) is 6.58 Å². The summed E-state index contributed by atoms with van der Waals surface area (Å²) in [6, 6.07) is 13.6. The minimum absolute atomic E-state index is 0.104. The van der Waals surface area contributed by atoms with E-state index < -0.39 is 0 Å². The molecule has 1 fully saturated rings. The summed E-state index contributed by atoms with van der Waals surface area (Å²) in [6.07, 6.45) is 3.53. The van der Waals surface area contributed by atoms with Gasteiger partial charge >= 0.3 is 0 Å². The van der Waals surface area contributed by atoms with Gasteiger partial charge in [-0.15, -0.1) is 0 Å². The molecule has 0 bridgehead atoms. The number of hydrogen-bond donors (Lipinski definition) is 0. The van der Waals surface area contributed by atoms with Crippen molar-refractivity contribution >= 4 is 46.0 Å².